The minimum absolute atomic E-state index is 0.484. The Hall–Kier alpha value is -0.0800. The third kappa shape index (κ3) is 3.58. The summed E-state index contributed by atoms with van der Waals surface area (Å²) in [5.74, 6) is 0.883. The van der Waals surface area contributed by atoms with Gasteiger partial charge in [-0.2, -0.15) is 0 Å². The number of hydrogen-bond acceptors (Lipinski definition) is 2. The average Bonchev–Trinajstić information content (AvgIpc) is 2.14. The maximum Gasteiger partial charge on any atom is 0.0107 e. The van der Waals surface area contributed by atoms with Crippen LogP contribution in [0.5, 0.6) is 0 Å². The van der Waals surface area contributed by atoms with E-state index < -0.39 is 0 Å². The van der Waals surface area contributed by atoms with Crippen LogP contribution in [-0.2, 0) is 0 Å². The van der Waals surface area contributed by atoms with E-state index in [2.05, 4.69) is 31.0 Å². The second-order valence-electron chi connectivity index (χ2n) is 5.61. The number of rotatable bonds is 3. The van der Waals surface area contributed by atoms with Crippen molar-refractivity contribution in [1.82, 2.24) is 10.2 Å². The van der Waals surface area contributed by atoms with Crippen LogP contribution in [0.2, 0.25) is 0 Å². The number of nitrogens with zero attached hydrogens (tertiary/aromatic N) is 1. The molecule has 0 saturated carbocycles. The van der Waals surface area contributed by atoms with Gasteiger partial charge in [-0.1, -0.05) is 20.8 Å². The van der Waals surface area contributed by atoms with E-state index in [-0.39, 0.29) is 0 Å². The van der Waals surface area contributed by atoms with Crippen molar-refractivity contribution in [2.75, 3.05) is 33.2 Å². The first-order valence-corrected chi connectivity index (χ1v) is 5.91. The van der Waals surface area contributed by atoms with Gasteiger partial charge in [0.15, 0.2) is 0 Å². The van der Waals surface area contributed by atoms with Crippen molar-refractivity contribution >= 4 is 0 Å². The Morgan fingerprint density at radius 1 is 1.36 bits per heavy atom. The molecule has 0 aromatic heterocycles. The van der Waals surface area contributed by atoms with Crippen LogP contribution in [0.4, 0.5) is 0 Å². The monoisotopic (exact) mass is 198 g/mol. The molecule has 1 N–H and O–H groups in total. The molecule has 84 valence electrons. The first kappa shape index (κ1) is 12.0. The van der Waals surface area contributed by atoms with Crippen molar-refractivity contribution in [3.63, 3.8) is 0 Å². The summed E-state index contributed by atoms with van der Waals surface area (Å²) >= 11 is 0. The molecule has 14 heavy (non-hydrogen) atoms. The molecular weight excluding hydrogens is 172 g/mol. The molecule has 1 rings (SSSR count). The minimum atomic E-state index is 0.484. The first-order chi connectivity index (χ1) is 6.54. The Bertz CT molecular complexity index is 160. The third-order valence-corrected chi connectivity index (χ3v) is 3.41. The summed E-state index contributed by atoms with van der Waals surface area (Å²) in [7, 11) is 2.03. The molecule has 0 aromatic rings. The number of nitrogens with one attached hydrogen (secondary N) is 1. The van der Waals surface area contributed by atoms with E-state index in [1.807, 2.05) is 7.05 Å². The molecule has 2 nitrogen and oxygen atoms in total. The van der Waals surface area contributed by atoms with E-state index in [1.165, 1.54) is 32.5 Å². The van der Waals surface area contributed by atoms with Crippen LogP contribution in [0.1, 0.15) is 33.6 Å². The second kappa shape index (κ2) is 5.13. The molecule has 0 aromatic carbocycles. The topological polar surface area (TPSA) is 15.3 Å². The fourth-order valence-corrected chi connectivity index (χ4v) is 2.24. The first-order valence-electron chi connectivity index (χ1n) is 5.91. The molecule has 0 aliphatic carbocycles. The zero-order chi connectivity index (χ0) is 10.6. The van der Waals surface area contributed by atoms with Gasteiger partial charge in [0.05, 0.1) is 0 Å². The Balaban J connectivity index is 2.36. The van der Waals surface area contributed by atoms with Gasteiger partial charge >= 0.3 is 0 Å². The molecule has 1 aliphatic rings. The highest BCUT2D eigenvalue weighted by atomic mass is 15.1. The Morgan fingerprint density at radius 2 is 2.07 bits per heavy atom. The van der Waals surface area contributed by atoms with Gasteiger partial charge < -0.3 is 10.2 Å². The predicted octanol–water partition coefficient (Wildman–Crippen LogP) is 1.96. The highest BCUT2D eigenvalue weighted by molar-refractivity contribution is 4.81. The molecule has 1 unspecified atom stereocenters. The lowest BCUT2D eigenvalue weighted by Gasteiger charge is -2.39. The third-order valence-electron chi connectivity index (χ3n) is 3.41. The fraction of sp³-hybridized carbons (Fsp3) is 1.00. The van der Waals surface area contributed by atoms with Crippen molar-refractivity contribution in [3.8, 4) is 0 Å². The normalized spacial score (nSPS) is 25.3. The average molecular weight is 198 g/mol. The van der Waals surface area contributed by atoms with Gasteiger partial charge in [-0.25, -0.2) is 0 Å². The molecule has 1 atom stereocenters. The SMILES string of the molecule is CNCCN1CCCC(C(C)(C)C)C1. The summed E-state index contributed by atoms with van der Waals surface area (Å²) in [5, 5.41) is 3.23. The number of likely N-dealkylation sites (N-methyl/N-ethyl adjacent to an activating group) is 1. The minimum Gasteiger partial charge on any atom is -0.318 e. The van der Waals surface area contributed by atoms with Crippen molar-refractivity contribution in [2.45, 2.75) is 33.6 Å². The molecular formula is C12H26N2. The highest BCUT2D eigenvalue weighted by Gasteiger charge is 2.28. The smallest absolute Gasteiger partial charge is 0.0107 e. The van der Waals surface area contributed by atoms with Crippen molar-refractivity contribution in [2.24, 2.45) is 11.3 Å². The van der Waals surface area contributed by atoms with Crippen LogP contribution in [-0.4, -0.2) is 38.1 Å². The Morgan fingerprint density at radius 3 is 2.64 bits per heavy atom. The maximum absolute atomic E-state index is 3.23. The van der Waals surface area contributed by atoms with Crippen molar-refractivity contribution in [1.29, 1.82) is 0 Å². The molecule has 0 bridgehead atoms. The van der Waals surface area contributed by atoms with Gasteiger partial charge in [0, 0.05) is 19.6 Å². The Kier molecular flexibility index (Phi) is 4.39. The van der Waals surface area contributed by atoms with E-state index in [0.717, 1.165) is 12.5 Å². The fourth-order valence-electron chi connectivity index (χ4n) is 2.24. The largest absolute Gasteiger partial charge is 0.318 e. The molecule has 1 saturated heterocycles. The quantitative estimate of drug-likeness (QED) is 0.746. The summed E-state index contributed by atoms with van der Waals surface area (Å²) < 4.78 is 0. The molecule has 0 amide bonds. The molecule has 1 aliphatic heterocycles. The van der Waals surface area contributed by atoms with Crippen LogP contribution < -0.4 is 5.32 Å². The van der Waals surface area contributed by atoms with Gasteiger partial charge in [0.1, 0.15) is 0 Å². The van der Waals surface area contributed by atoms with Gasteiger partial charge in [-0.05, 0) is 37.8 Å². The molecule has 0 radical (unpaired) electrons. The standard InChI is InChI=1S/C12H26N2/c1-12(2,3)11-6-5-8-14(10-11)9-7-13-4/h11,13H,5-10H2,1-4H3. The van der Waals surface area contributed by atoms with Crippen LogP contribution in [0, 0.1) is 11.3 Å². The number of piperidine rings is 1. The van der Waals surface area contributed by atoms with Crippen molar-refractivity contribution < 1.29 is 0 Å². The van der Waals surface area contributed by atoms with E-state index in [4.69, 9.17) is 0 Å². The van der Waals surface area contributed by atoms with Crippen molar-refractivity contribution in [3.05, 3.63) is 0 Å². The second-order valence-corrected chi connectivity index (χ2v) is 5.61. The molecule has 0 spiro atoms. The number of hydrogen-bond donors (Lipinski definition) is 1. The lowest BCUT2D eigenvalue weighted by molar-refractivity contribution is 0.100. The van der Waals surface area contributed by atoms with E-state index in [0.29, 0.717) is 5.41 Å². The lowest BCUT2D eigenvalue weighted by Crippen LogP contribution is -2.42. The number of likely N-dealkylation sites (tertiary alicyclic amines) is 1. The maximum atomic E-state index is 3.23. The summed E-state index contributed by atoms with van der Waals surface area (Å²) in [6, 6.07) is 0. The molecule has 1 fully saturated rings. The van der Waals surface area contributed by atoms with Gasteiger partial charge in [0.25, 0.3) is 0 Å². The predicted molar refractivity (Wildman–Crippen MR) is 62.5 cm³/mol. The molecule has 1 heterocycles. The van der Waals surface area contributed by atoms with E-state index in [1.54, 1.807) is 0 Å². The highest BCUT2D eigenvalue weighted by Crippen LogP contribution is 2.32. The van der Waals surface area contributed by atoms with Crippen LogP contribution in [0.25, 0.3) is 0 Å². The summed E-state index contributed by atoms with van der Waals surface area (Å²) in [5.41, 5.74) is 0.484. The molecule has 2 heteroatoms. The van der Waals surface area contributed by atoms with Gasteiger partial charge in [-0.3, -0.25) is 0 Å². The van der Waals surface area contributed by atoms with Crippen LogP contribution >= 0.6 is 0 Å². The zero-order valence-electron chi connectivity index (χ0n) is 10.3. The summed E-state index contributed by atoms with van der Waals surface area (Å²) in [6.07, 6.45) is 2.80. The van der Waals surface area contributed by atoms with E-state index >= 15 is 0 Å². The van der Waals surface area contributed by atoms with Gasteiger partial charge in [0.2, 0.25) is 0 Å². The zero-order valence-corrected chi connectivity index (χ0v) is 10.3. The summed E-state index contributed by atoms with van der Waals surface area (Å²) in [4.78, 5) is 2.61. The van der Waals surface area contributed by atoms with Gasteiger partial charge in [-0.15, -0.1) is 0 Å². The van der Waals surface area contributed by atoms with Crippen LogP contribution in [0.15, 0.2) is 0 Å². The lowest BCUT2D eigenvalue weighted by atomic mass is 9.76. The van der Waals surface area contributed by atoms with E-state index in [9.17, 15) is 0 Å². The summed E-state index contributed by atoms with van der Waals surface area (Å²) in [6.45, 7) is 12.1. The van der Waals surface area contributed by atoms with Crippen LogP contribution in [0.3, 0.4) is 0 Å². The Labute approximate surface area is 89.1 Å².